The molecule has 4 heteroatoms. The van der Waals surface area contributed by atoms with Gasteiger partial charge in [0, 0.05) is 38.8 Å². The molecule has 0 radical (unpaired) electrons. The maximum absolute atomic E-state index is 5.39. The van der Waals surface area contributed by atoms with E-state index in [1.165, 1.54) is 32.7 Å². The number of para-hydroxylation sites is 3. The molecular formula is C42H26N4. The molecule has 0 saturated heterocycles. The van der Waals surface area contributed by atoms with Crippen LogP contribution in [0.5, 0.6) is 0 Å². The van der Waals surface area contributed by atoms with Gasteiger partial charge in [0.1, 0.15) is 0 Å². The van der Waals surface area contributed by atoms with Crippen molar-refractivity contribution in [2.75, 3.05) is 0 Å². The van der Waals surface area contributed by atoms with E-state index >= 15 is 0 Å². The summed E-state index contributed by atoms with van der Waals surface area (Å²) in [6.45, 7) is 0. The Morgan fingerprint density at radius 3 is 2.09 bits per heavy atom. The van der Waals surface area contributed by atoms with Gasteiger partial charge in [0.25, 0.3) is 0 Å². The molecule has 0 amide bonds. The van der Waals surface area contributed by atoms with Crippen LogP contribution in [0, 0.1) is 0 Å². The summed E-state index contributed by atoms with van der Waals surface area (Å²) in [7, 11) is 0. The van der Waals surface area contributed by atoms with Gasteiger partial charge in [0.05, 0.1) is 33.3 Å². The van der Waals surface area contributed by atoms with Crippen molar-refractivity contribution in [1.82, 2.24) is 19.4 Å². The van der Waals surface area contributed by atoms with Crippen LogP contribution in [0.2, 0.25) is 0 Å². The fraction of sp³-hybridized carbons (Fsp3) is 0. The van der Waals surface area contributed by atoms with Crippen LogP contribution in [0.1, 0.15) is 0 Å². The number of hydrogen-bond acceptors (Lipinski definition) is 2. The fourth-order valence-corrected chi connectivity index (χ4v) is 7.26. The molecule has 0 aliphatic rings. The molecule has 0 atom stereocenters. The Balaban J connectivity index is 1.23. The highest BCUT2D eigenvalue weighted by atomic mass is 14.9. The van der Waals surface area contributed by atoms with E-state index in [-0.39, 0.29) is 0 Å². The number of rotatable bonds is 3. The first-order chi connectivity index (χ1) is 22.8. The zero-order valence-corrected chi connectivity index (χ0v) is 24.8. The third-order valence-electron chi connectivity index (χ3n) is 9.37. The van der Waals surface area contributed by atoms with E-state index in [2.05, 4.69) is 161 Å². The summed E-state index contributed by atoms with van der Waals surface area (Å²) in [5.74, 6) is 0.719. The van der Waals surface area contributed by atoms with Crippen molar-refractivity contribution in [2.24, 2.45) is 0 Å². The van der Waals surface area contributed by atoms with Crippen molar-refractivity contribution < 1.29 is 0 Å². The Bertz CT molecular complexity index is 2800. The number of aromatic amines is 1. The average molecular weight is 587 g/mol. The molecule has 1 N–H and O–H groups in total. The first-order valence-corrected chi connectivity index (χ1v) is 15.6. The van der Waals surface area contributed by atoms with E-state index in [9.17, 15) is 0 Å². The standard InChI is InChI=1S/C42H26N4/c1-2-12-29-26(10-1)11-9-16-30(29)27-20-22-28(23-21-27)39-33-14-4-7-18-36(33)44-42(45-39)38-34-15-5-8-19-37(34)46-25-24-32-31-13-3-6-17-35(31)43-40(32)41(38)46/h1-25,43H. The van der Waals surface area contributed by atoms with E-state index in [1.807, 2.05) is 0 Å². The van der Waals surface area contributed by atoms with Gasteiger partial charge in [-0.05, 0) is 46.2 Å². The molecule has 0 unspecified atom stereocenters. The van der Waals surface area contributed by atoms with Crippen molar-refractivity contribution in [1.29, 1.82) is 0 Å². The third kappa shape index (κ3) is 3.61. The number of H-pyrrole nitrogens is 1. The van der Waals surface area contributed by atoms with Crippen LogP contribution < -0.4 is 0 Å². The van der Waals surface area contributed by atoms with Crippen LogP contribution in [-0.2, 0) is 0 Å². The van der Waals surface area contributed by atoms with Crippen LogP contribution in [0.3, 0.4) is 0 Å². The van der Waals surface area contributed by atoms with Gasteiger partial charge in [-0.1, -0.05) is 121 Å². The van der Waals surface area contributed by atoms with E-state index in [1.54, 1.807) is 0 Å². The Morgan fingerprint density at radius 2 is 1.20 bits per heavy atom. The summed E-state index contributed by atoms with van der Waals surface area (Å²) in [6.07, 6.45) is 2.18. The van der Waals surface area contributed by atoms with Crippen molar-refractivity contribution >= 4 is 59.9 Å². The molecule has 10 aromatic rings. The normalized spacial score (nSPS) is 11.9. The number of nitrogens with one attached hydrogen (secondary N) is 1. The minimum atomic E-state index is 0.719. The van der Waals surface area contributed by atoms with Crippen molar-refractivity contribution in [2.45, 2.75) is 0 Å². The van der Waals surface area contributed by atoms with Crippen LogP contribution >= 0.6 is 0 Å². The lowest BCUT2D eigenvalue weighted by Gasteiger charge is -2.11. The summed E-state index contributed by atoms with van der Waals surface area (Å²) in [5.41, 5.74) is 10.8. The molecule has 6 aromatic carbocycles. The number of fused-ring (bicyclic) bond motifs is 9. The van der Waals surface area contributed by atoms with Crippen LogP contribution in [-0.4, -0.2) is 19.4 Å². The molecule has 4 aromatic heterocycles. The van der Waals surface area contributed by atoms with E-state index < -0.39 is 0 Å². The highest BCUT2D eigenvalue weighted by Gasteiger charge is 2.21. The summed E-state index contributed by atoms with van der Waals surface area (Å²) in [6, 6.07) is 51.5. The quantitative estimate of drug-likeness (QED) is 0.224. The van der Waals surface area contributed by atoms with E-state index in [0.717, 1.165) is 61.0 Å². The molecular weight excluding hydrogens is 560 g/mol. The minimum absolute atomic E-state index is 0.719. The largest absolute Gasteiger partial charge is 0.353 e. The molecule has 4 nitrogen and oxygen atoms in total. The maximum atomic E-state index is 5.39. The zero-order valence-electron chi connectivity index (χ0n) is 24.8. The average Bonchev–Trinajstić information content (AvgIpc) is 3.67. The first-order valence-electron chi connectivity index (χ1n) is 15.6. The van der Waals surface area contributed by atoms with Gasteiger partial charge < -0.3 is 9.38 Å². The monoisotopic (exact) mass is 586 g/mol. The second-order valence-electron chi connectivity index (χ2n) is 11.9. The van der Waals surface area contributed by atoms with Crippen molar-refractivity contribution in [3.05, 3.63) is 152 Å². The second kappa shape index (κ2) is 9.62. The highest BCUT2D eigenvalue weighted by molar-refractivity contribution is 6.19. The molecule has 46 heavy (non-hydrogen) atoms. The van der Waals surface area contributed by atoms with Crippen LogP contribution in [0.25, 0.3) is 93.7 Å². The lowest BCUT2D eigenvalue weighted by molar-refractivity contribution is 1.23. The lowest BCUT2D eigenvalue weighted by atomic mass is 9.96. The number of benzene rings is 6. The Morgan fingerprint density at radius 1 is 0.500 bits per heavy atom. The third-order valence-corrected chi connectivity index (χ3v) is 9.37. The predicted molar refractivity (Wildman–Crippen MR) is 191 cm³/mol. The fourth-order valence-electron chi connectivity index (χ4n) is 7.26. The molecule has 4 heterocycles. The summed E-state index contributed by atoms with van der Waals surface area (Å²) in [4.78, 5) is 14.3. The maximum Gasteiger partial charge on any atom is 0.163 e. The van der Waals surface area contributed by atoms with Crippen molar-refractivity contribution in [3.63, 3.8) is 0 Å². The first kappa shape index (κ1) is 25.1. The van der Waals surface area contributed by atoms with Gasteiger partial charge in [0.15, 0.2) is 5.82 Å². The van der Waals surface area contributed by atoms with Gasteiger partial charge in [0.2, 0.25) is 0 Å². The van der Waals surface area contributed by atoms with Crippen LogP contribution in [0.15, 0.2) is 152 Å². The molecule has 0 saturated carbocycles. The zero-order chi connectivity index (χ0) is 30.2. The second-order valence-corrected chi connectivity index (χ2v) is 11.9. The Labute approximate surface area is 264 Å². The predicted octanol–water partition coefficient (Wildman–Crippen LogP) is 10.8. The van der Waals surface area contributed by atoms with Gasteiger partial charge in [-0.15, -0.1) is 0 Å². The number of aromatic nitrogens is 4. The van der Waals surface area contributed by atoms with Gasteiger partial charge >= 0.3 is 0 Å². The van der Waals surface area contributed by atoms with Gasteiger partial charge in [-0.2, -0.15) is 0 Å². The van der Waals surface area contributed by atoms with Gasteiger partial charge in [-0.25, -0.2) is 9.97 Å². The molecule has 0 aliphatic heterocycles. The number of nitrogens with zero attached hydrogens (tertiary/aromatic N) is 3. The molecule has 214 valence electrons. The Hall–Kier alpha value is -6.26. The van der Waals surface area contributed by atoms with Gasteiger partial charge in [-0.3, -0.25) is 0 Å². The van der Waals surface area contributed by atoms with Crippen molar-refractivity contribution in [3.8, 4) is 33.8 Å². The van der Waals surface area contributed by atoms with Crippen LogP contribution in [0.4, 0.5) is 0 Å². The summed E-state index contributed by atoms with van der Waals surface area (Å²) >= 11 is 0. The molecule has 0 aliphatic carbocycles. The van der Waals surface area contributed by atoms with E-state index in [4.69, 9.17) is 9.97 Å². The minimum Gasteiger partial charge on any atom is -0.353 e. The highest BCUT2D eigenvalue weighted by Crippen LogP contribution is 2.41. The van der Waals surface area contributed by atoms with E-state index in [0.29, 0.717) is 0 Å². The summed E-state index contributed by atoms with van der Waals surface area (Å²) < 4.78 is 2.28. The lowest BCUT2D eigenvalue weighted by Crippen LogP contribution is -1.96. The molecule has 10 rings (SSSR count). The SMILES string of the molecule is c1ccc2c(-c3ccc(-c4nc(-c5c6ccccc6n6ccc7c8ccccc8[nH]c7c56)nc5ccccc45)cc3)cccc2c1. The number of hydrogen-bond donors (Lipinski definition) is 1. The Kier molecular flexibility index (Phi) is 5.25. The molecule has 0 fully saturated rings. The molecule has 0 bridgehead atoms. The molecule has 0 spiro atoms. The summed E-state index contributed by atoms with van der Waals surface area (Å²) in [5, 5.41) is 7.06. The number of pyridine rings is 1. The topological polar surface area (TPSA) is 46.0 Å². The smallest absolute Gasteiger partial charge is 0.163 e.